The Morgan fingerprint density at radius 2 is 2.19 bits per heavy atom. The van der Waals surface area contributed by atoms with E-state index in [9.17, 15) is 4.79 Å². The second kappa shape index (κ2) is 5.20. The molecule has 4 heteroatoms. The summed E-state index contributed by atoms with van der Waals surface area (Å²) < 4.78 is 5.18. The van der Waals surface area contributed by atoms with Crippen molar-refractivity contribution in [3.8, 4) is 6.07 Å². The Labute approximate surface area is 97.0 Å². The van der Waals surface area contributed by atoms with Crippen molar-refractivity contribution in [1.82, 2.24) is 5.32 Å². The van der Waals surface area contributed by atoms with Crippen LogP contribution < -0.4 is 5.32 Å². The average Bonchev–Trinajstić information content (AvgIpc) is 2.49. The number of carbonyl (C=O) groups excluding carboxylic acids is 1. The number of rotatable bonds is 2. The van der Waals surface area contributed by atoms with Crippen LogP contribution in [0.4, 0.5) is 4.79 Å². The van der Waals surface area contributed by atoms with Gasteiger partial charge in [0.1, 0.15) is 5.60 Å². The van der Waals surface area contributed by atoms with Crippen LogP contribution in [-0.4, -0.2) is 17.7 Å². The van der Waals surface area contributed by atoms with Gasteiger partial charge >= 0.3 is 6.09 Å². The summed E-state index contributed by atoms with van der Waals surface area (Å²) in [6, 6.07) is 2.35. The van der Waals surface area contributed by atoms with Gasteiger partial charge in [0, 0.05) is 12.5 Å². The van der Waals surface area contributed by atoms with Crippen LogP contribution in [0.2, 0.25) is 0 Å². The van der Waals surface area contributed by atoms with Crippen LogP contribution in [0.5, 0.6) is 0 Å². The minimum Gasteiger partial charge on any atom is -0.444 e. The van der Waals surface area contributed by atoms with Crippen LogP contribution in [0.25, 0.3) is 0 Å². The third-order valence-electron chi connectivity index (χ3n) is 2.64. The summed E-state index contributed by atoms with van der Waals surface area (Å²) in [5.41, 5.74) is -0.450. The van der Waals surface area contributed by atoms with Crippen LogP contribution >= 0.6 is 0 Å². The van der Waals surface area contributed by atoms with Gasteiger partial charge in [-0.25, -0.2) is 4.79 Å². The van der Waals surface area contributed by atoms with Crippen molar-refractivity contribution in [3.63, 3.8) is 0 Å². The lowest BCUT2D eigenvalue weighted by Gasteiger charge is -2.21. The van der Waals surface area contributed by atoms with Crippen LogP contribution in [0.15, 0.2) is 0 Å². The highest BCUT2D eigenvalue weighted by atomic mass is 16.6. The zero-order valence-electron chi connectivity index (χ0n) is 10.2. The van der Waals surface area contributed by atoms with E-state index in [4.69, 9.17) is 10.00 Å². The largest absolute Gasteiger partial charge is 0.444 e. The van der Waals surface area contributed by atoms with Crippen LogP contribution in [0, 0.1) is 17.2 Å². The van der Waals surface area contributed by atoms with E-state index in [0.29, 0.717) is 12.3 Å². The molecular weight excluding hydrogens is 204 g/mol. The number of hydrogen-bond acceptors (Lipinski definition) is 3. The van der Waals surface area contributed by atoms with Gasteiger partial charge in [-0.15, -0.1) is 0 Å². The van der Waals surface area contributed by atoms with Gasteiger partial charge in [0.05, 0.1) is 6.07 Å². The van der Waals surface area contributed by atoms with Crippen molar-refractivity contribution in [1.29, 1.82) is 5.26 Å². The molecule has 0 heterocycles. The SMILES string of the molecule is CC(C)(C)OC(=O)N[C@@H]1CC[C@@H](CC#N)C1. The molecule has 0 spiro atoms. The molecule has 4 nitrogen and oxygen atoms in total. The van der Waals surface area contributed by atoms with Gasteiger partial charge in [0.2, 0.25) is 0 Å². The maximum Gasteiger partial charge on any atom is 0.407 e. The highest BCUT2D eigenvalue weighted by Gasteiger charge is 2.27. The number of hydrogen-bond donors (Lipinski definition) is 1. The van der Waals surface area contributed by atoms with Crippen LogP contribution in [-0.2, 0) is 4.74 Å². The molecule has 1 aliphatic carbocycles. The molecule has 1 amide bonds. The fraction of sp³-hybridized carbons (Fsp3) is 0.833. The number of nitriles is 1. The molecule has 0 bridgehead atoms. The Morgan fingerprint density at radius 1 is 1.50 bits per heavy atom. The maximum atomic E-state index is 11.5. The van der Waals surface area contributed by atoms with Crippen molar-refractivity contribution in [2.75, 3.05) is 0 Å². The summed E-state index contributed by atoms with van der Waals surface area (Å²) in [6.45, 7) is 5.54. The Bertz CT molecular complexity index is 288. The van der Waals surface area contributed by atoms with E-state index in [1.807, 2.05) is 20.8 Å². The van der Waals surface area contributed by atoms with Gasteiger partial charge in [-0.1, -0.05) is 0 Å². The monoisotopic (exact) mass is 224 g/mol. The number of nitrogens with one attached hydrogen (secondary N) is 1. The number of nitrogens with zero attached hydrogens (tertiary/aromatic N) is 1. The quantitative estimate of drug-likeness (QED) is 0.784. The van der Waals surface area contributed by atoms with Crippen LogP contribution in [0.3, 0.4) is 0 Å². The first-order valence-corrected chi connectivity index (χ1v) is 5.77. The maximum absolute atomic E-state index is 11.5. The lowest BCUT2D eigenvalue weighted by atomic mass is 10.1. The predicted octanol–water partition coefficient (Wildman–Crippen LogP) is 2.59. The zero-order valence-corrected chi connectivity index (χ0v) is 10.2. The predicted molar refractivity (Wildman–Crippen MR) is 60.7 cm³/mol. The summed E-state index contributed by atoms with van der Waals surface area (Å²) in [6.07, 6.45) is 3.11. The molecule has 2 atom stereocenters. The topological polar surface area (TPSA) is 62.1 Å². The molecule has 0 radical (unpaired) electrons. The first kappa shape index (κ1) is 12.8. The third-order valence-corrected chi connectivity index (χ3v) is 2.64. The summed E-state index contributed by atoms with van der Waals surface area (Å²) in [7, 11) is 0. The van der Waals surface area contributed by atoms with E-state index in [0.717, 1.165) is 19.3 Å². The van der Waals surface area contributed by atoms with Crippen LogP contribution in [0.1, 0.15) is 46.5 Å². The molecule has 1 aliphatic rings. The Balaban J connectivity index is 2.29. The highest BCUT2D eigenvalue weighted by Crippen LogP contribution is 2.27. The lowest BCUT2D eigenvalue weighted by molar-refractivity contribution is 0.0504. The Hall–Kier alpha value is -1.24. The number of carbonyl (C=O) groups is 1. The van der Waals surface area contributed by atoms with Gasteiger partial charge in [-0.2, -0.15) is 5.26 Å². The van der Waals surface area contributed by atoms with E-state index in [2.05, 4.69) is 11.4 Å². The standard InChI is InChI=1S/C12H20N2O2/c1-12(2,3)16-11(15)14-10-5-4-9(8-10)6-7-13/h9-10H,4-6,8H2,1-3H3,(H,14,15)/t9-,10+/m0/s1. The van der Waals surface area contributed by atoms with E-state index >= 15 is 0 Å². The van der Waals surface area contributed by atoms with Crippen molar-refractivity contribution in [2.45, 2.75) is 58.1 Å². The molecule has 16 heavy (non-hydrogen) atoms. The van der Waals surface area contributed by atoms with Gasteiger partial charge in [-0.3, -0.25) is 0 Å². The van der Waals surface area contributed by atoms with Crippen molar-refractivity contribution in [2.24, 2.45) is 5.92 Å². The molecule has 0 unspecified atom stereocenters. The average molecular weight is 224 g/mol. The van der Waals surface area contributed by atoms with E-state index in [1.165, 1.54) is 0 Å². The second-order valence-corrected chi connectivity index (χ2v) is 5.38. The molecule has 1 fully saturated rings. The minimum absolute atomic E-state index is 0.174. The number of alkyl carbamates (subject to hydrolysis) is 1. The third kappa shape index (κ3) is 4.52. The summed E-state index contributed by atoms with van der Waals surface area (Å²) in [4.78, 5) is 11.5. The van der Waals surface area contributed by atoms with Gasteiger partial charge < -0.3 is 10.1 Å². The summed E-state index contributed by atoms with van der Waals surface area (Å²) >= 11 is 0. The van der Waals surface area contributed by atoms with E-state index in [1.54, 1.807) is 0 Å². The van der Waals surface area contributed by atoms with Crippen molar-refractivity contribution >= 4 is 6.09 Å². The first-order valence-electron chi connectivity index (χ1n) is 5.77. The fourth-order valence-electron chi connectivity index (χ4n) is 1.99. The number of amides is 1. The Kier molecular flexibility index (Phi) is 4.17. The molecule has 1 N–H and O–H groups in total. The molecule has 0 aromatic carbocycles. The van der Waals surface area contributed by atoms with Crippen molar-refractivity contribution in [3.05, 3.63) is 0 Å². The zero-order chi connectivity index (χ0) is 12.2. The molecule has 90 valence electrons. The smallest absolute Gasteiger partial charge is 0.407 e. The van der Waals surface area contributed by atoms with Gasteiger partial charge in [0.25, 0.3) is 0 Å². The molecule has 1 rings (SSSR count). The van der Waals surface area contributed by atoms with Gasteiger partial charge in [0.15, 0.2) is 0 Å². The second-order valence-electron chi connectivity index (χ2n) is 5.38. The van der Waals surface area contributed by atoms with E-state index in [-0.39, 0.29) is 12.1 Å². The van der Waals surface area contributed by atoms with Crippen molar-refractivity contribution < 1.29 is 9.53 Å². The summed E-state index contributed by atoms with van der Waals surface area (Å²) in [5, 5.41) is 11.4. The van der Waals surface area contributed by atoms with Gasteiger partial charge in [-0.05, 0) is 46.0 Å². The Morgan fingerprint density at radius 3 is 2.75 bits per heavy atom. The molecule has 0 saturated heterocycles. The molecule has 0 aromatic heterocycles. The molecular formula is C12H20N2O2. The first-order chi connectivity index (χ1) is 7.40. The minimum atomic E-state index is -0.450. The van der Waals surface area contributed by atoms with E-state index < -0.39 is 5.60 Å². The fourth-order valence-corrected chi connectivity index (χ4v) is 1.99. The molecule has 0 aromatic rings. The molecule has 1 saturated carbocycles. The normalized spacial score (nSPS) is 24.9. The lowest BCUT2D eigenvalue weighted by Crippen LogP contribution is -2.37. The highest BCUT2D eigenvalue weighted by molar-refractivity contribution is 5.68. The molecule has 0 aliphatic heterocycles. The summed E-state index contributed by atoms with van der Waals surface area (Å²) in [5.74, 6) is 0.435. The number of ether oxygens (including phenoxy) is 1.